The van der Waals surface area contributed by atoms with Gasteiger partial charge in [-0.3, -0.25) is 0 Å². The van der Waals surface area contributed by atoms with Crippen molar-refractivity contribution in [3.05, 3.63) is 42.2 Å². The molecule has 0 bridgehead atoms. The minimum atomic E-state index is 0.709. The summed E-state index contributed by atoms with van der Waals surface area (Å²) in [4.78, 5) is 4.58. The highest BCUT2D eigenvalue weighted by Crippen LogP contribution is 2.26. The molecule has 0 radical (unpaired) electrons. The van der Waals surface area contributed by atoms with Gasteiger partial charge in [0.25, 0.3) is 0 Å². The Bertz CT molecular complexity index is 765. The Kier molecular flexibility index (Phi) is 3.23. The molecule has 5 nitrogen and oxygen atoms in total. The van der Waals surface area contributed by atoms with E-state index in [2.05, 4.69) is 14.8 Å². The van der Waals surface area contributed by atoms with E-state index >= 15 is 0 Å². The highest BCUT2D eigenvalue weighted by molar-refractivity contribution is 7.99. The van der Waals surface area contributed by atoms with E-state index in [1.165, 1.54) is 11.9 Å². The summed E-state index contributed by atoms with van der Waals surface area (Å²) in [5.41, 5.74) is 11.2. The van der Waals surface area contributed by atoms with Crippen molar-refractivity contribution in [2.24, 2.45) is 0 Å². The SMILES string of the molecule is CSNc1cc(N)cc(-c2cn3nc(C)ccc3n2)c1. The number of anilines is 2. The molecule has 0 aliphatic heterocycles. The molecule has 6 heteroatoms. The van der Waals surface area contributed by atoms with E-state index in [-0.39, 0.29) is 0 Å². The maximum absolute atomic E-state index is 5.95. The van der Waals surface area contributed by atoms with Crippen LogP contribution in [0.2, 0.25) is 0 Å². The van der Waals surface area contributed by atoms with Crippen LogP contribution in [0.15, 0.2) is 36.5 Å². The van der Waals surface area contributed by atoms with Gasteiger partial charge in [0, 0.05) is 23.2 Å². The fourth-order valence-electron chi connectivity index (χ4n) is 2.09. The highest BCUT2D eigenvalue weighted by atomic mass is 32.2. The Hall–Kier alpha value is -2.21. The number of hydrogen-bond donors (Lipinski definition) is 2. The number of nitrogens with one attached hydrogen (secondary N) is 1. The second kappa shape index (κ2) is 5.05. The maximum atomic E-state index is 5.95. The van der Waals surface area contributed by atoms with Gasteiger partial charge in [-0.05, 0) is 37.3 Å². The minimum Gasteiger partial charge on any atom is -0.399 e. The Labute approximate surface area is 121 Å². The molecular formula is C14H15N5S. The smallest absolute Gasteiger partial charge is 0.154 e. The second-order valence-electron chi connectivity index (χ2n) is 4.55. The predicted molar refractivity (Wildman–Crippen MR) is 84.7 cm³/mol. The second-order valence-corrected chi connectivity index (χ2v) is 5.17. The van der Waals surface area contributed by atoms with Crippen LogP contribution in [0.5, 0.6) is 0 Å². The number of nitrogens with two attached hydrogens (primary N) is 1. The summed E-state index contributed by atoms with van der Waals surface area (Å²) >= 11 is 1.53. The summed E-state index contributed by atoms with van der Waals surface area (Å²) in [6, 6.07) is 9.76. The number of rotatable bonds is 3. The average Bonchev–Trinajstić information content (AvgIpc) is 2.81. The maximum Gasteiger partial charge on any atom is 0.154 e. The third kappa shape index (κ3) is 2.42. The van der Waals surface area contributed by atoms with Gasteiger partial charge in [-0.1, -0.05) is 11.9 Å². The number of hydrogen-bond acceptors (Lipinski definition) is 5. The molecule has 3 aromatic rings. The van der Waals surface area contributed by atoms with Crippen molar-refractivity contribution in [1.82, 2.24) is 14.6 Å². The Morgan fingerprint density at radius 1 is 1.25 bits per heavy atom. The molecule has 0 saturated heterocycles. The van der Waals surface area contributed by atoms with Gasteiger partial charge in [-0.15, -0.1) is 0 Å². The van der Waals surface area contributed by atoms with Crippen LogP contribution in [0, 0.1) is 6.92 Å². The van der Waals surface area contributed by atoms with E-state index in [9.17, 15) is 0 Å². The molecule has 0 aliphatic rings. The zero-order valence-corrected chi connectivity index (χ0v) is 12.1. The van der Waals surface area contributed by atoms with Crippen molar-refractivity contribution in [2.75, 3.05) is 16.7 Å². The molecule has 0 amide bonds. The average molecular weight is 285 g/mol. The molecule has 2 aromatic heterocycles. The van der Waals surface area contributed by atoms with Gasteiger partial charge in [-0.2, -0.15) is 5.10 Å². The van der Waals surface area contributed by atoms with Crippen molar-refractivity contribution in [3.8, 4) is 11.3 Å². The molecule has 0 aliphatic carbocycles. The number of nitrogen functional groups attached to an aromatic ring is 1. The molecule has 0 saturated carbocycles. The molecule has 3 rings (SSSR count). The summed E-state index contributed by atoms with van der Waals surface area (Å²) in [5, 5.41) is 4.41. The minimum absolute atomic E-state index is 0.709. The topological polar surface area (TPSA) is 68.2 Å². The van der Waals surface area contributed by atoms with Crippen molar-refractivity contribution < 1.29 is 0 Å². The first-order valence-electron chi connectivity index (χ1n) is 6.19. The van der Waals surface area contributed by atoms with E-state index in [1.807, 2.05) is 49.7 Å². The Morgan fingerprint density at radius 2 is 2.10 bits per heavy atom. The molecule has 2 heterocycles. The van der Waals surface area contributed by atoms with Gasteiger partial charge in [0.15, 0.2) is 5.65 Å². The van der Waals surface area contributed by atoms with E-state index in [4.69, 9.17) is 5.73 Å². The van der Waals surface area contributed by atoms with Gasteiger partial charge in [0.05, 0.1) is 17.6 Å². The van der Waals surface area contributed by atoms with Gasteiger partial charge < -0.3 is 10.5 Å². The normalized spacial score (nSPS) is 10.9. The van der Waals surface area contributed by atoms with Crippen LogP contribution in [0.4, 0.5) is 11.4 Å². The van der Waals surface area contributed by atoms with Crippen LogP contribution in [0.25, 0.3) is 16.9 Å². The lowest BCUT2D eigenvalue weighted by atomic mass is 10.1. The van der Waals surface area contributed by atoms with E-state index in [0.29, 0.717) is 5.69 Å². The summed E-state index contributed by atoms with van der Waals surface area (Å²) in [6.45, 7) is 1.96. The first-order valence-corrected chi connectivity index (χ1v) is 7.41. The van der Waals surface area contributed by atoms with Crippen LogP contribution >= 0.6 is 11.9 Å². The van der Waals surface area contributed by atoms with Crippen LogP contribution in [0.1, 0.15) is 5.69 Å². The molecular weight excluding hydrogens is 270 g/mol. The van der Waals surface area contributed by atoms with Crippen LogP contribution in [-0.4, -0.2) is 20.9 Å². The molecule has 0 spiro atoms. The highest BCUT2D eigenvalue weighted by Gasteiger charge is 2.07. The predicted octanol–water partition coefficient (Wildman–Crippen LogP) is 2.98. The summed E-state index contributed by atoms with van der Waals surface area (Å²) in [7, 11) is 0. The number of benzene rings is 1. The zero-order chi connectivity index (χ0) is 14.1. The Morgan fingerprint density at radius 3 is 2.90 bits per heavy atom. The fraction of sp³-hybridized carbons (Fsp3) is 0.143. The van der Waals surface area contributed by atoms with E-state index in [0.717, 1.165) is 28.3 Å². The van der Waals surface area contributed by atoms with E-state index in [1.54, 1.807) is 4.52 Å². The first kappa shape index (κ1) is 12.8. The number of imidazole rings is 1. The van der Waals surface area contributed by atoms with Gasteiger partial charge in [-0.25, -0.2) is 9.50 Å². The van der Waals surface area contributed by atoms with Crippen LogP contribution < -0.4 is 10.5 Å². The van der Waals surface area contributed by atoms with Gasteiger partial charge in [0.2, 0.25) is 0 Å². The molecule has 0 fully saturated rings. The quantitative estimate of drug-likeness (QED) is 0.572. The van der Waals surface area contributed by atoms with Crippen LogP contribution in [-0.2, 0) is 0 Å². The van der Waals surface area contributed by atoms with Crippen molar-refractivity contribution in [1.29, 1.82) is 0 Å². The fourth-order valence-corrected chi connectivity index (χ4v) is 2.45. The Balaban J connectivity index is 2.10. The van der Waals surface area contributed by atoms with Crippen LogP contribution in [0.3, 0.4) is 0 Å². The largest absolute Gasteiger partial charge is 0.399 e. The van der Waals surface area contributed by atoms with Crippen molar-refractivity contribution >= 4 is 29.0 Å². The number of aryl methyl sites for hydroxylation is 1. The number of fused-ring (bicyclic) bond motifs is 1. The van der Waals surface area contributed by atoms with E-state index < -0.39 is 0 Å². The summed E-state index contributed by atoms with van der Waals surface area (Å²) in [5.74, 6) is 0. The van der Waals surface area contributed by atoms with Crippen molar-refractivity contribution in [3.63, 3.8) is 0 Å². The molecule has 0 atom stereocenters. The molecule has 3 N–H and O–H groups in total. The monoisotopic (exact) mass is 285 g/mol. The molecule has 102 valence electrons. The third-order valence-corrected chi connectivity index (χ3v) is 3.36. The first-order chi connectivity index (χ1) is 9.65. The summed E-state index contributed by atoms with van der Waals surface area (Å²) in [6.07, 6.45) is 3.89. The molecule has 20 heavy (non-hydrogen) atoms. The standard InChI is InChI=1S/C14H15N5S/c1-9-3-4-14-16-13(8-19(14)17-9)10-5-11(15)7-12(6-10)18-20-2/h3-8,18H,15H2,1-2H3. The lowest BCUT2D eigenvalue weighted by molar-refractivity contribution is 0.901. The van der Waals surface area contributed by atoms with Crippen molar-refractivity contribution in [2.45, 2.75) is 6.92 Å². The lowest BCUT2D eigenvalue weighted by Gasteiger charge is -2.06. The summed E-state index contributed by atoms with van der Waals surface area (Å²) < 4.78 is 4.98. The third-order valence-electron chi connectivity index (χ3n) is 2.92. The zero-order valence-electron chi connectivity index (χ0n) is 11.3. The number of aromatic nitrogens is 3. The lowest BCUT2D eigenvalue weighted by Crippen LogP contribution is -1.91. The van der Waals surface area contributed by atoms with Gasteiger partial charge in [0.1, 0.15) is 0 Å². The van der Waals surface area contributed by atoms with Gasteiger partial charge >= 0.3 is 0 Å². The number of nitrogens with zero attached hydrogens (tertiary/aromatic N) is 3. The molecule has 1 aromatic carbocycles. The molecule has 0 unspecified atom stereocenters.